The van der Waals surface area contributed by atoms with Crippen LogP contribution in [0, 0.1) is 5.92 Å². The number of rotatable bonds is 4. The van der Waals surface area contributed by atoms with Crippen molar-refractivity contribution in [2.45, 2.75) is 18.6 Å². The molecule has 1 heterocycles. The molecule has 2 atom stereocenters. The van der Waals surface area contributed by atoms with E-state index >= 15 is 0 Å². The third-order valence-electron chi connectivity index (χ3n) is 2.53. The fourth-order valence-corrected chi connectivity index (χ4v) is 2.73. The Labute approximate surface area is 94.3 Å². The first-order valence-electron chi connectivity index (χ1n) is 5.00. The van der Waals surface area contributed by atoms with Gasteiger partial charge in [-0.2, -0.15) is 0 Å². The number of methoxy groups -OCH3 is 1. The molecule has 0 aliphatic carbocycles. The lowest BCUT2D eigenvalue weighted by atomic mass is 10.2. The number of thioether (sulfide) groups is 1. The van der Waals surface area contributed by atoms with Crippen molar-refractivity contribution in [1.82, 2.24) is 4.90 Å². The molecule has 0 spiro atoms. The molecular weight excluding hydrogens is 214 g/mol. The van der Waals surface area contributed by atoms with Crippen LogP contribution in [0.15, 0.2) is 0 Å². The molecule has 0 aromatic rings. The van der Waals surface area contributed by atoms with Crippen molar-refractivity contribution in [2.75, 3.05) is 26.5 Å². The van der Waals surface area contributed by atoms with Crippen molar-refractivity contribution >= 4 is 23.6 Å². The number of carbonyl (C=O) groups is 2. The molecule has 1 aliphatic heterocycles. The zero-order chi connectivity index (χ0) is 11.4. The predicted octanol–water partition coefficient (Wildman–Crippen LogP) is 0.759. The van der Waals surface area contributed by atoms with Crippen molar-refractivity contribution in [3.63, 3.8) is 0 Å². The molecule has 1 saturated heterocycles. The Balaban J connectivity index is 2.32. The number of likely N-dealkylation sites (tertiary alicyclic amines) is 1. The number of carbonyl (C=O) groups excluding carboxylic acids is 2. The van der Waals surface area contributed by atoms with E-state index in [9.17, 15) is 9.59 Å². The monoisotopic (exact) mass is 231 g/mol. The number of amides is 1. The summed E-state index contributed by atoms with van der Waals surface area (Å²) in [5.74, 6) is 0.480. The number of nitrogens with zero attached hydrogens (tertiary/aromatic N) is 1. The maximum absolute atomic E-state index is 11.5. The van der Waals surface area contributed by atoms with Gasteiger partial charge in [-0.25, -0.2) is 0 Å². The van der Waals surface area contributed by atoms with Crippen LogP contribution in [0.2, 0.25) is 0 Å². The summed E-state index contributed by atoms with van der Waals surface area (Å²) in [5.41, 5.74) is 0. The van der Waals surface area contributed by atoms with E-state index < -0.39 is 0 Å². The molecule has 0 N–H and O–H groups in total. The van der Waals surface area contributed by atoms with Gasteiger partial charge in [0.2, 0.25) is 5.91 Å². The van der Waals surface area contributed by atoms with Crippen LogP contribution >= 0.6 is 11.8 Å². The summed E-state index contributed by atoms with van der Waals surface area (Å²) in [7, 11) is 3.20. The molecule has 1 aliphatic rings. The van der Waals surface area contributed by atoms with Crippen LogP contribution in [0.5, 0.6) is 0 Å². The average molecular weight is 231 g/mol. The van der Waals surface area contributed by atoms with Gasteiger partial charge in [0.25, 0.3) is 0 Å². The molecule has 5 heteroatoms. The first-order valence-corrected chi connectivity index (χ1v) is 6.05. The van der Waals surface area contributed by atoms with Crippen LogP contribution in [-0.2, 0) is 14.3 Å². The highest BCUT2D eigenvalue weighted by Crippen LogP contribution is 2.24. The van der Waals surface area contributed by atoms with Crippen molar-refractivity contribution in [2.24, 2.45) is 5.92 Å². The van der Waals surface area contributed by atoms with E-state index in [1.54, 1.807) is 16.7 Å². The highest BCUT2D eigenvalue weighted by Gasteiger charge is 2.30. The Kier molecular flexibility index (Phi) is 4.45. The SMILES string of the molecule is COC(=O)C(C)CSC1CCN(C)C1=O. The summed E-state index contributed by atoms with van der Waals surface area (Å²) in [6, 6.07) is 0. The second-order valence-electron chi connectivity index (χ2n) is 3.79. The lowest BCUT2D eigenvalue weighted by Gasteiger charge is -2.12. The lowest BCUT2D eigenvalue weighted by Crippen LogP contribution is -2.25. The van der Waals surface area contributed by atoms with Gasteiger partial charge >= 0.3 is 5.97 Å². The lowest BCUT2D eigenvalue weighted by molar-refractivity contribution is -0.144. The minimum atomic E-state index is -0.207. The Bertz CT molecular complexity index is 257. The minimum Gasteiger partial charge on any atom is -0.469 e. The van der Waals surface area contributed by atoms with E-state index in [2.05, 4.69) is 4.74 Å². The molecular formula is C10H17NO3S. The quantitative estimate of drug-likeness (QED) is 0.670. The smallest absolute Gasteiger partial charge is 0.309 e. The second kappa shape index (κ2) is 5.39. The van der Waals surface area contributed by atoms with Gasteiger partial charge in [-0.3, -0.25) is 9.59 Å². The van der Waals surface area contributed by atoms with Gasteiger partial charge in [-0.05, 0) is 6.42 Å². The number of hydrogen-bond donors (Lipinski definition) is 0. The maximum atomic E-state index is 11.5. The van der Waals surface area contributed by atoms with E-state index in [0.29, 0.717) is 5.75 Å². The molecule has 4 nitrogen and oxygen atoms in total. The molecule has 1 fully saturated rings. The maximum Gasteiger partial charge on any atom is 0.309 e. The van der Waals surface area contributed by atoms with Gasteiger partial charge in [0.05, 0.1) is 18.3 Å². The molecule has 15 heavy (non-hydrogen) atoms. The molecule has 0 aromatic heterocycles. The van der Waals surface area contributed by atoms with E-state index in [-0.39, 0.29) is 23.0 Å². The first-order chi connectivity index (χ1) is 7.06. The normalized spacial score (nSPS) is 23.0. The summed E-state index contributed by atoms with van der Waals surface area (Å²) in [6.45, 7) is 2.64. The fourth-order valence-electron chi connectivity index (χ4n) is 1.47. The highest BCUT2D eigenvalue weighted by atomic mass is 32.2. The summed E-state index contributed by atoms with van der Waals surface area (Å²) in [5, 5.41) is 0.0297. The van der Waals surface area contributed by atoms with Crippen LogP contribution < -0.4 is 0 Å². The Morgan fingerprint density at radius 2 is 2.40 bits per heavy atom. The summed E-state index contributed by atoms with van der Waals surface area (Å²) in [6.07, 6.45) is 0.883. The van der Waals surface area contributed by atoms with Crippen LogP contribution in [0.25, 0.3) is 0 Å². The predicted molar refractivity (Wildman–Crippen MR) is 59.7 cm³/mol. The summed E-state index contributed by atoms with van der Waals surface area (Å²) < 4.78 is 4.63. The second-order valence-corrected chi connectivity index (χ2v) is 5.03. The third kappa shape index (κ3) is 3.12. The molecule has 86 valence electrons. The molecule has 1 amide bonds. The standard InChI is InChI=1S/C10H17NO3S/c1-7(10(13)14-3)6-15-8-4-5-11(2)9(8)12/h7-8H,4-6H2,1-3H3. The fraction of sp³-hybridized carbons (Fsp3) is 0.800. The van der Waals surface area contributed by atoms with Gasteiger partial charge < -0.3 is 9.64 Å². The zero-order valence-electron chi connectivity index (χ0n) is 9.36. The largest absolute Gasteiger partial charge is 0.469 e. The third-order valence-corrected chi connectivity index (χ3v) is 4.06. The van der Waals surface area contributed by atoms with Gasteiger partial charge in [0.1, 0.15) is 0 Å². The Morgan fingerprint density at radius 1 is 1.73 bits per heavy atom. The average Bonchev–Trinajstić information content (AvgIpc) is 2.55. The van der Waals surface area contributed by atoms with Crippen molar-refractivity contribution < 1.29 is 14.3 Å². The van der Waals surface area contributed by atoms with Gasteiger partial charge in [-0.15, -0.1) is 11.8 Å². The molecule has 0 saturated carbocycles. The van der Waals surface area contributed by atoms with Crippen LogP contribution in [0.3, 0.4) is 0 Å². The molecule has 0 bridgehead atoms. The molecule has 2 unspecified atom stereocenters. The zero-order valence-corrected chi connectivity index (χ0v) is 10.2. The first kappa shape index (κ1) is 12.4. The van der Waals surface area contributed by atoms with Crippen molar-refractivity contribution in [3.8, 4) is 0 Å². The number of esters is 1. The number of ether oxygens (including phenoxy) is 1. The van der Waals surface area contributed by atoms with Gasteiger partial charge in [0.15, 0.2) is 0 Å². The highest BCUT2D eigenvalue weighted by molar-refractivity contribution is 8.00. The Hall–Kier alpha value is -0.710. The Morgan fingerprint density at radius 3 is 2.87 bits per heavy atom. The van der Waals surface area contributed by atoms with Crippen LogP contribution in [0.1, 0.15) is 13.3 Å². The van der Waals surface area contributed by atoms with Crippen molar-refractivity contribution in [1.29, 1.82) is 0 Å². The van der Waals surface area contributed by atoms with Gasteiger partial charge in [0, 0.05) is 19.3 Å². The number of hydrogen-bond acceptors (Lipinski definition) is 4. The minimum absolute atomic E-state index is 0.0297. The molecule has 0 aromatic carbocycles. The van der Waals surface area contributed by atoms with E-state index in [4.69, 9.17) is 0 Å². The van der Waals surface area contributed by atoms with E-state index in [0.717, 1.165) is 13.0 Å². The van der Waals surface area contributed by atoms with E-state index in [1.165, 1.54) is 7.11 Å². The van der Waals surface area contributed by atoms with Gasteiger partial charge in [-0.1, -0.05) is 6.92 Å². The van der Waals surface area contributed by atoms with Crippen molar-refractivity contribution in [3.05, 3.63) is 0 Å². The topological polar surface area (TPSA) is 46.6 Å². The van der Waals surface area contributed by atoms with Crippen LogP contribution in [0.4, 0.5) is 0 Å². The van der Waals surface area contributed by atoms with E-state index in [1.807, 2.05) is 14.0 Å². The molecule has 1 rings (SSSR count). The summed E-state index contributed by atoms with van der Waals surface area (Å²) in [4.78, 5) is 24.4. The molecule has 0 radical (unpaired) electrons. The van der Waals surface area contributed by atoms with Crippen LogP contribution in [-0.4, -0.2) is 48.5 Å². The summed E-state index contributed by atoms with van der Waals surface area (Å²) >= 11 is 1.56.